The van der Waals surface area contributed by atoms with Crippen LogP contribution in [0.15, 0.2) is 41.4 Å². The molecule has 1 amide bonds. The van der Waals surface area contributed by atoms with E-state index in [2.05, 4.69) is 19.9 Å². The topological polar surface area (TPSA) is 110 Å². The zero-order chi connectivity index (χ0) is 23.8. The number of sulfonamides is 1. The number of unbranched alkanes of at least 4 members (excludes halogenated alkanes) is 2. The van der Waals surface area contributed by atoms with Crippen molar-refractivity contribution in [1.29, 1.82) is 0 Å². The molecule has 9 nitrogen and oxygen atoms in total. The molecule has 0 radical (unpaired) electrons. The molecule has 2 aromatic rings. The molecule has 0 spiro atoms. The van der Waals surface area contributed by atoms with Gasteiger partial charge < -0.3 is 19.7 Å². The van der Waals surface area contributed by atoms with Crippen molar-refractivity contribution >= 4 is 27.4 Å². The molecule has 0 bridgehead atoms. The highest BCUT2D eigenvalue weighted by molar-refractivity contribution is 7.89. The van der Waals surface area contributed by atoms with E-state index in [0.717, 1.165) is 25.3 Å². The predicted octanol–water partition coefficient (Wildman–Crippen LogP) is 3.32. The van der Waals surface area contributed by atoms with Gasteiger partial charge in [0.25, 0.3) is 0 Å². The van der Waals surface area contributed by atoms with Gasteiger partial charge in [0.2, 0.25) is 15.9 Å². The van der Waals surface area contributed by atoms with Crippen LogP contribution in [0.4, 0.5) is 11.5 Å². The van der Waals surface area contributed by atoms with Crippen molar-refractivity contribution in [3.8, 4) is 11.5 Å². The highest BCUT2D eigenvalue weighted by Gasteiger charge is 2.19. The summed E-state index contributed by atoms with van der Waals surface area (Å²) >= 11 is 0. The van der Waals surface area contributed by atoms with E-state index in [1.165, 1.54) is 31.4 Å². The number of piperidine rings is 1. The molecule has 1 aromatic carbocycles. The van der Waals surface area contributed by atoms with Gasteiger partial charge in [0.1, 0.15) is 19.0 Å². The standard InChI is InChI=1S/C24H32N4O5S/c29-24(27-19-8-11-23(25-18-19)28-13-5-2-6-14-28)7-3-1-4-12-26-34(30,31)20-9-10-21-22(17-20)33-16-15-32-21/h8-11,17-18,26H,1-7,12-16H2,(H,27,29). The number of amides is 1. The van der Waals surface area contributed by atoms with Gasteiger partial charge in [-0.1, -0.05) is 6.42 Å². The number of ether oxygens (including phenoxy) is 2. The Morgan fingerprint density at radius 2 is 1.76 bits per heavy atom. The largest absolute Gasteiger partial charge is 0.486 e. The van der Waals surface area contributed by atoms with Crippen molar-refractivity contribution in [1.82, 2.24) is 9.71 Å². The quantitative estimate of drug-likeness (QED) is 0.494. The molecule has 1 fully saturated rings. The van der Waals surface area contributed by atoms with Gasteiger partial charge in [0.05, 0.1) is 16.8 Å². The van der Waals surface area contributed by atoms with Crippen molar-refractivity contribution in [2.24, 2.45) is 0 Å². The molecule has 4 rings (SSSR count). The van der Waals surface area contributed by atoms with Crippen LogP contribution in [0, 0.1) is 0 Å². The fraction of sp³-hybridized carbons (Fsp3) is 0.500. The van der Waals surface area contributed by atoms with Crippen LogP contribution in [0.5, 0.6) is 11.5 Å². The van der Waals surface area contributed by atoms with E-state index in [0.29, 0.717) is 56.2 Å². The predicted molar refractivity (Wildman–Crippen MR) is 130 cm³/mol. The van der Waals surface area contributed by atoms with Crippen LogP contribution in [0.1, 0.15) is 44.9 Å². The van der Waals surface area contributed by atoms with Crippen LogP contribution < -0.4 is 24.4 Å². The molecule has 3 heterocycles. The molecule has 1 saturated heterocycles. The second kappa shape index (κ2) is 11.5. The maximum absolute atomic E-state index is 12.5. The van der Waals surface area contributed by atoms with E-state index in [1.54, 1.807) is 12.3 Å². The van der Waals surface area contributed by atoms with Gasteiger partial charge >= 0.3 is 0 Å². The summed E-state index contributed by atoms with van der Waals surface area (Å²) in [6.07, 6.45) is 7.80. The number of carbonyl (C=O) groups is 1. The van der Waals surface area contributed by atoms with Gasteiger partial charge in [-0.15, -0.1) is 0 Å². The van der Waals surface area contributed by atoms with Crippen molar-refractivity contribution in [2.75, 3.05) is 43.1 Å². The van der Waals surface area contributed by atoms with E-state index in [4.69, 9.17) is 9.47 Å². The van der Waals surface area contributed by atoms with Crippen molar-refractivity contribution < 1.29 is 22.7 Å². The molecule has 34 heavy (non-hydrogen) atoms. The van der Waals surface area contributed by atoms with Crippen molar-refractivity contribution in [2.45, 2.75) is 49.8 Å². The van der Waals surface area contributed by atoms with E-state index < -0.39 is 10.0 Å². The number of fused-ring (bicyclic) bond motifs is 1. The number of hydrogen-bond donors (Lipinski definition) is 2. The SMILES string of the molecule is O=C(CCCCCNS(=O)(=O)c1ccc2c(c1)OCCO2)Nc1ccc(N2CCCCC2)nc1. The minimum Gasteiger partial charge on any atom is -0.486 e. The molecule has 0 saturated carbocycles. The van der Waals surface area contributed by atoms with E-state index in [9.17, 15) is 13.2 Å². The summed E-state index contributed by atoms with van der Waals surface area (Å²) in [6.45, 7) is 3.23. The molecule has 0 aliphatic carbocycles. The molecule has 10 heteroatoms. The lowest BCUT2D eigenvalue weighted by Gasteiger charge is -2.27. The number of anilines is 2. The number of aromatic nitrogens is 1. The maximum Gasteiger partial charge on any atom is 0.240 e. The van der Waals surface area contributed by atoms with Crippen molar-refractivity contribution in [3.63, 3.8) is 0 Å². The zero-order valence-electron chi connectivity index (χ0n) is 19.3. The Morgan fingerprint density at radius 3 is 2.53 bits per heavy atom. The monoisotopic (exact) mass is 488 g/mol. The summed E-state index contributed by atoms with van der Waals surface area (Å²) in [5.74, 6) is 1.88. The fourth-order valence-electron chi connectivity index (χ4n) is 4.06. The molecular weight excluding hydrogens is 456 g/mol. The third-order valence-corrected chi connectivity index (χ3v) is 7.37. The molecule has 2 aliphatic rings. The van der Waals surface area contributed by atoms with Gasteiger partial charge in [-0.05, 0) is 56.4 Å². The minimum absolute atomic E-state index is 0.0654. The Kier molecular flexibility index (Phi) is 8.23. The maximum atomic E-state index is 12.5. The minimum atomic E-state index is -3.63. The molecule has 184 valence electrons. The number of rotatable bonds is 10. The van der Waals surface area contributed by atoms with Crippen molar-refractivity contribution in [3.05, 3.63) is 36.5 Å². The number of nitrogens with one attached hydrogen (secondary N) is 2. The lowest BCUT2D eigenvalue weighted by Crippen LogP contribution is -2.30. The lowest BCUT2D eigenvalue weighted by atomic mass is 10.1. The van der Waals surface area contributed by atoms with Gasteiger partial charge in [-0.2, -0.15) is 0 Å². The van der Waals surface area contributed by atoms with Crippen LogP contribution >= 0.6 is 0 Å². The van der Waals surface area contributed by atoms with E-state index in [-0.39, 0.29) is 10.8 Å². The van der Waals surface area contributed by atoms with Crippen LogP contribution in [-0.4, -0.2) is 52.2 Å². The fourth-order valence-corrected chi connectivity index (χ4v) is 5.15. The van der Waals surface area contributed by atoms with Crippen LogP contribution in [0.25, 0.3) is 0 Å². The average molecular weight is 489 g/mol. The van der Waals surface area contributed by atoms with Gasteiger partial charge in [0, 0.05) is 32.1 Å². The van der Waals surface area contributed by atoms with Crippen LogP contribution in [0.3, 0.4) is 0 Å². The third-order valence-electron chi connectivity index (χ3n) is 5.91. The Balaban J connectivity index is 1.13. The zero-order valence-corrected chi connectivity index (χ0v) is 20.1. The number of pyridine rings is 1. The second-order valence-corrected chi connectivity index (χ2v) is 10.3. The number of nitrogens with zero attached hydrogens (tertiary/aromatic N) is 2. The Hall–Kier alpha value is -2.85. The summed E-state index contributed by atoms with van der Waals surface area (Å²) in [6, 6.07) is 8.44. The summed E-state index contributed by atoms with van der Waals surface area (Å²) in [7, 11) is -3.63. The molecule has 1 aromatic heterocycles. The average Bonchev–Trinajstić information content (AvgIpc) is 2.87. The normalized spacial score (nSPS) is 15.7. The second-order valence-electron chi connectivity index (χ2n) is 8.51. The molecule has 0 unspecified atom stereocenters. The number of carbonyl (C=O) groups excluding carboxylic acids is 1. The van der Waals surface area contributed by atoms with E-state index >= 15 is 0 Å². The number of hydrogen-bond acceptors (Lipinski definition) is 7. The Labute approximate surface area is 200 Å². The van der Waals surface area contributed by atoms with Gasteiger partial charge in [-0.25, -0.2) is 18.1 Å². The first-order valence-electron chi connectivity index (χ1n) is 11.9. The Bertz CT molecular complexity index is 1070. The summed E-state index contributed by atoms with van der Waals surface area (Å²) in [4.78, 5) is 19.1. The first-order chi connectivity index (χ1) is 16.5. The molecule has 2 N–H and O–H groups in total. The Morgan fingerprint density at radius 1 is 0.971 bits per heavy atom. The smallest absolute Gasteiger partial charge is 0.240 e. The van der Waals surface area contributed by atoms with Crippen LogP contribution in [-0.2, 0) is 14.8 Å². The lowest BCUT2D eigenvalue weighted by molar-refractivity contribution is -0.116. The van der Waals surface area contributed by atoms with Crippen LogP contribution in [0.2, 0.25) is 0 Å². The highest BCUT2D eigenvalue weighted by atomic mass is 32.2. The molecule has 2 aliphatic heterocycles. The first kappa shape index (κ1) is 24.3. The van der Waals surface area contributed by atoms with E-state index in [1.807, 2.05) is 12.1 Å². The van der Waals surface area contributed by atoms with Gasteiger partial charge in [-0.3, -0.25) is 4.79 Å². The molecule has 0 atom stereocenters. The molecular formula is C24H32N4O5S. The van der Waals surface area contributed by atoms with Gasteiger partial charge in [0.15, 0.2) is 11.5 Å². The summed E-state index contributed by atoms with van der Waals surface area (Å²) in [5.41, 5.74) is 0.693. The first-order valence-corrected chi connectivity index (χ1v) is 13.4. The highest BCUT2D eigenvalue weighted by Crippen LogP contribution is 2.32. The summed E-state index contributed by atoms with van der Waals surface area (Å²) < 4.78 is 38.5. The number of benzene rings is 1. The third kappa shape index (κ3) is 6.60. The summed E-state index contributed by atoms with van der Waals surface area (Å²) in [5, 5.41) is 2.88.